The van der Waals surface area contributed by atoms with E-state index in [1.165, 1.54) is 0 Å². The molecule has 2 rings (SSSR count). The molecule has 90 valence electrons. The van der Waals surface area contributed by atoms with Crippen LogP contribution < -0.4 is 0 Å². The van der Waals surface area contributed by atoms with E-state index in [4.69, 9.17) is 23.2 Å². The largest absolute Gasteiger partial charge is 0.198 e. The molecule has 0 N–H and O–H groups in total. The molecular weight excluding hydrogens is 265 g/mol. The van der Waals surface area contributed by atoms with Gasteiger partial charge in [0, 0.05) is 10.0 Å². The summed E-state index contributed by atoms with van der Waals surface area (Å²) in [6.07, 6.45) is 0.651. The molecule has 0 heterocycles. The Kier molecular flexibility index (Phi) is 4.25. The molecule has 1 nitrogen and oxygen atoms in total. The monoisotopic (exact) mass is 275 g/mol. The van der Waals surface area contributed by atoms with E-state index in [2.05, 4.69) is 6.07 Å². The van der Waals surface area contributed by atoms with Gasteiger partial charge in [-0.05, 0) is 29.7 Å². The maximum absolute atomic E-state index is 9.29. The van der Waals surface area contributed by atoms with Crippen LogP contribution in [0.15, 0.2) is 48.5 Å². The van der Waals surface area contributed by atoms with Crippen LogP contribution in [0.3, 0.4) is 0 Å². The van der Waals surface area contributed by atoms with Crippen LogP contribution >= 0.6 is 23.2 Å². The van der Waals surface area contributed by atoms with Crippen LogP contribution in [-0.2, 0) is 6.42 Å². The molecule has 1 atom stereocenters. The highest BCUT2D eigenvalue weighted by molar-refractivity contribution is 6.35. The third-order valence-corrected chi connectivity index (χ3v) is 3.34. The minimum absolute atomic E-state index is 0.253. The molecule has 0 amide bonds. The van der Waals surface area contributed by atoms with Gasteiger partial charge in [-0.15, -0.1) is 0 Å². The summed E-state index contributed by atoms with van der Waals surface area (Å²) in [6, 6.07) is 17.5. The zero-order valence-corrected chi connectivity index (χ0v) is 11.1. The molecule has 0 aliphatic carbocycles. The van der Waals surface area contributed by atoms with Crippen molar-refractivity contribution in [1.29, 1.82) is 5.26 Å². The summed E-state index contributed by atoms with van der Waals surface area (Å²) in [4.78, 5) is 0. The molecule has 3 heteroatoms. The first kappa shape index (κ1) is 13.0. The number of hydrogen-bond donors (Lipinski definition) is 0. The summed E-state index contributed by atoms with van der Waals surface area (Å²) >= 11 is 12.0. The lowest BCUT2D eigenvalue weighted by Crippen LogP contribution is -2.01. The van der Waals surface area contributed by atoms with Gasteiger partial charge >= 0.3 is 0 Å². The number of nitrogens with zero attached hydrogens (tertiary/aromatic N) is 1. The molecule has 0 saturated heterocycles. The van der Waals surface area contributed by atoms with Gasteiger partial charge in [-0.2, -0.15) is 5.26 Å². The summed E-state index contributed by atoms with van der Waals surface area (Å²) in [5.74, 6) is -0.253. The lowest BCUT2D eigenvalue weighted by atomic mass is 9.93. The molecule has 2 aromatic rings. The van der Waals surface area contributed by atoms with Crippen molar-refractivity contribution < 1.29 is 0 Å². The van der Waals surface area contributed by atoms with Crippen LogP contribution in [-0.4, -0.2) is 0 Å². The SMILES string of the molecule is N#C[C@H](Cc1ccccc1)c1ccc(Cl)cc1Cl. The maximum atomic E-state index is 9.29. The maximum Gasteiger partial charge on any atom is 0.0767 e. The third-order valence-electron chi connectivity index (χ3n) is 2.78. The Bertz CT molecular complexity index is 573. The van der Waals surface area contributed by atoms with Gasteiger partial charge in [0.25, 0.3) is 0 Å². The van der Waals surface area contributed by atoms with Gasteiger partial charge in [-0.25, -0.2) is 0 Å². The highest BCUT2D eigenvalue weighted by atomic mass is 35.5. The third kappa shape index (κ3) is 3.04. The second-order valence-electron chi connectivity index (χ2n) is 4.04. The summed E-state index contributed by atoms with van der Waals surface area (Å²) in [6.45, 7) is 0. The normalized spacial score (nSPS) is 11.8. The van der Waals surface area contributed by atoms with E-state index >= 15 is 0 Å². The van der Waals surface area contributed by atoms with E-state index < -0.39 is 0 Å². The van der Waals surface area contributed by atoms with Crippen LogP contribution in [0.1, 0.15) is 17.0 Å². The Morgan fingerprint density at radius 3 is 2.39 bits per heavy atom. The van der Waals surface area contributed by atoms with E-state index in [9.17, 15) is 5.26 Å². The molecule has 0 radical (unpaired) electrons. The molecule has 18 heavy (non-hydrogen) atoms. The van der Waals surface area contributed by atoms with Crippen molar-refractivity contribution >= 4 is 23.2 Å². The minimum Gasteiger partial charge on any atom is -0.198 e. The van der Waals surface area contributed by atoms with E-state index in [0.29, 0.717) is 16.5 Å². The fourth-order valence-corrected chi connectivity index (χ4v) is 2.40. The topological polar surface area (TPSA) is 23.8 Å². The Balaban J connectivity index is 2.27. The number of halogens is 2. The molecule has 0 aromatic heterocycles. The van der Waals surface area contributed by atoms with Crippen molar-refractivity contribution in [3.8, 4) is 6.07 Å². The molecule has 2 aromatic carbocycles. The molecule has 0 fully saturated rings. The molecule has 0 bridgehead atoms. The zero-order valence-electron chi connectivity index (χ0n) is 9.61. The lowest BCUT2D eigenvalue weighted by Gasteiger charge is -2.11. The van der Waals surface area contributed by atoms with Crippen molar-refractivity contribution in [1.82, 2.24) is 0 Å². The summed E-state index contributed by atoms with van der Waals surface area (Å²) in [5.41, 5.74) is 1.95. The summed E-state index contributed by atoms with van der Waals surface area (Å²) in [7, 11) is 0. The second-order valence-corrected chi connectivity index (χ2v) is 4.88. The van der Waals surface area contributed by atoms with E-state index in [0.717, 1.165) is 11.1 Å². The van der Waals surface area contributed by atoms with Crippen molar-refractivity contribution in [3.63, 3.8) is 0 Å². The smallest absolute Gasteiger partial charge is 0.0767 e. The van der Waals surface area contributed by atoms with E-state index in [1.807, 2.05) is 36.4 Å². The highest BCUT2D eigenvalue weighted by Crippen LogP contribution is 2.29. The van der Waals surface area contributed by atoms with Gasteiger partial charge in [0.15, 0.2) is 0 Å². The molecular formula is C15H11Cl2N. The van der Waals surface area contributed by atoms with Crippen molar-refractivity contribution in [2.45, 2.75) is 12.3 Å². The first-order chi connectivity index (χ1) is 8.70. The Morgan fingerprint density at radius 1 is 1.06 bits per heavy atom. The highest BCUT2D eigenvalue weighted by Gasteiger charge is 2.15. The van der Waals surface area contributed by atoms with Gasteiger partial charge in [-0.1, -0.05) is 59.6 Å². The molecule has 0 spiro atoms. The standard InChI is InChI=1S/C15H11Cl2N/c16-13-6-7-14(15(17)9-13)12(10-18)8-11-4-2-1-3-5-11/h1-7,9,12H,8H2/t12-/m0/s1. The fraction of sp³-hybridized carbons (Fsp3) is 0.133. The van der Waals surface area contributed by atoms with Crippen LogP contribution in [0.2, 0.25) is 10.0 Å². The summed E-state index contributed by atoms with van der Waals surface area (Å²) < 4.78 is 0. The van der Waals surface area contributed by atoms with Crippen LogP contribution in [0.25, 0.3) is 0 Å². The molecule has 0 unspecified atom stereocenters. The van der Waals surface area contributed by atoms with Gasteiger partial charge in [-0.3, -0.25) is 0 Å². The van der Waals surface area contributed by atoms with Gasteiger partial charge in [0.05, 0.1) is 12.0 Å². The number of hydrogen-bond acceptors (Lipinski definition) is 1. The molecule has 0 saturated carbocycles. The first-order valence-corrected chi connectivity index (χ1v) is 6.35. The van der Waals surface area contributed by atoms with Crippen LogP contribution in [0, 0.1) is 11.3 Å². The predicted octanol–water partition coefficient (Wildman–Crippen LogP) is 4.84. The zero-order chi connectivity index (χ0) is 13.0. The van der Waals surface area contributed by atoms with Crippen molar-refractivity contribution in [3.05, 3.63) is 69.7 Å². The molecule has 0 aliphatic rings. The average Bonchev–Trinajstić information content (AvgIpc) is 2.38. The Hall–Kier alpha value is -1.49. The number of rotatable bonds is 3. The quantitative estimate of drug-likeness (QED) is 0.786. The lowest BCUT2D eigenvalue weighted by molar-refractivity contribution is 0.849. The Morgan fingerprint density at radius 2 is 1.78 bits per heavy atom. The van der Waals surface area contributed by atoms with Crippen molar-refractivity contribution in [2.75, 3.05) is 0 Å². The van der Waals surface area contributed by atoms with Gasteiger partial charge in [0.2, 0.25) is 0 Å². The van der Waals surface area contributed by atoms with Gasteiger partial charge in [0.1, 0.15) is 0 Å². The Labute approximate surface area is 117 Å². The van der Waals surface area contributed by atoms with Crippen LogP contribution in [0.5, 0.6) is 0 Å². The first-order valence-electron chi connectivity index (χ1n) is 5.59. The predicted molar refractivity (Wildman–Crippen MR) is 75.0 cm³/mol. The average molecular weight is 276 g/mol. The second kappa shape index (κ2) is 5.91. The van der Waals surface area contributed by atoms with E-state index in [1.54, 1.807) is 12.1 Å². The van der Waals surface area contributed by atoms with Crippen molar-refractivity contribution in [2.24, 2.45) is 0 Å². The van der Waals surface area contributed by atoms with E-state index in [-0.39, 0.29) is 5.92 Å². The number of benzene rings is 2. The van der Waals surface area contributed by atoms with Gasteiger partial charge < -0.3 is 0 Å². The summed E-state index contributed by atoms with van der Waals surface area (Å²) in [5, 5.41) is 10.4. The van der Waals surface area contributed by atoms with Crippen LogP contribution in [0.4, 0.5) is 0 Å². The molecule has 0 aliphatic heterocycles. The minimum atomic E-state index is -0.253. The number of nitriles is 1. The fourth-order valence-electron chi connectivity index (χ4n) is 1.86.